The van der Waals surface area contributed by atoms with Crippen molar-refractivity contribution in [3.8, 4) is 22.5 Å². The van der Waals surface area contributed by atoms with E-state index in [1.54, 1.807) is 0 Å². The second-order valence-corrected chi connectivity index (χ2v) is 17.7. The first kappa shape index (κ1) is 35.1. The molecule has 6 rings (SSSR count). The predicted octanol–water partition coefficient (Wildman–Crippen LogP) is 9.68. The largest absolute Gasteiger partial charge is 0.339 e. The molecule has 2 aliphatic carbocycles. The highest BCUT2D eigenvalue weighted by Crippen LogP contribution is 2.61. The van der Waals surface area contributed by atoms with Crippen LogP contribution in [0.15, 0.2) is 66.2 Å². The average Bonchev–Trinajstić information content (AvgIpc) is 3.49. The van der Waals surface area contributed by atoms with E-state index in [0.717, 1.165) is 64.2 Å². The van der Waals surface area contributed by atoms with Gasteiger partial charge in [0, 0.05) is 42.8 Å². The van der Waals surface area contributed by atoms with Crippen molar-refractivity contribution in [1.82, 2.24) is 19.6 Å². The molecule has 7 nitrogen and oxygen atoms in total. The van der Waals surface area contributed by atoms with Crippen molar-refractivity contribution in [2.45, 2.75) is 33.1 Å². The van der Waals surface area contributed by atoms with Crippen LogP contribution in [0.2, 0.25) is 0 Å². The van der Waals surface area contributed by atoms with Gasteiger partial charge in [-0.05, 0) is 58.4 Å². The molecule has 2 atom stereocenters. The summed E-state index contributed by atoms with van der Waals surface area (Å²) in [5.74, 6) is 0.755. The Balaban J connectivity index is 0.000000205. The summed E-state index contributed by atoms with van der Waals surface area (Å²) in [6.45, 7) is 4.11. The van der Waals surface area contributed by atoms with Crippen LogP contribution < -0.4 is 0 Å². The zero-order valence-electron chi connectivity index (χ0n) is 26.2. The molecule has 0 unspecified atom stereocenters. The number of benzene rings is 2. The van der Waals surface area contributed by atoms with Gasteiger partial charge in [0.15, 0.2) is 5.78 Å². The topological polar surface area (TPSA) is 86.8 Å². The Bertz CT molecular complexity index is 1730. The normalized spacial score (nSPS) is 17.3. The monoisotopic (exact) mass is 713 g/mol. The predicted molar refractivity (Wildman–Crippen MR) is 183 cm³/mol. The maximum Gasteiger partial charge on any atom is 0.339 e. The number of allylic oxidation sites excluding steroid dienone is 1. The number of halogens is 5. The highest BCUT2D eigenvalue weighted by Gasteiger charge is 2.31. The molecule has 0 saturated carbocycles. The number of nitrogens with zero attached hydrogens (tertiary/aromatic N) is 4. The summed E-state index contributed by atoms with van der Waals surface area (Å²) < 4.78 is 28.7. The molecule has 0 radical (unpaired) electrons. The van der Waals surface area contributed by atoms with E-state index >= 15 is 0 Å². The van der Waals surface area contributed by atoms with Crippen LogP contribution in [0, 0.1) is 11.8 Å². The van der Waals surface area contributed by atoms with Crippen molar-refractivity contribution in [1.29, 1.82) is 0 Å². The van der Waals surface area contributed by atoms with E-state index in [4.69, 9.17) is 13.0 Å². The maximum absolute atomic E-state index is 12.3. The van der Waals surface area contributed by atoms with Gasteiger partial charge in [-0.25, -0.2) is 0 Å². The fraction of sp³-hybridized carbons (Fsp3) is 0.312. The Morgan fingerprint density at radius 2 is 1.29 bits per heavy atom. The first-order valence-electron chi connectivity index (χ1n) is 14.6. The molecule has 0 fully saturated rings. The summed E-state index contributed by atoms with van der Waals surface area (Å²) in [6, 6.07) is 20.0. The number of carbonyl (C=O) groups excluding carboxylic acids is 2. The van der Waals surface area contributed by atoms with E-state index in [1.807, 2.05) is 91.0 Å². The highest BCUT2D eigenvalue weighted by atomic mass is 36.0. The minimum atomic E-state index is -3.22. The van der Waals surface area contributed by atoms with Crippen molar-refractivity contribution in [2.24, 2.45) is 25.9 Å². The zero-order chi connectivity index (χ0) is 34.2. The number of ketones is 1. The maximum atomic E-state index is 12.3. The van der Waals surface area contributed by atoms with Crippen molar-refractivity contribution in [2.75, 3.05) is 7.15 Å². The smallest absolute Gasteiger partial charge is 0.298 e. The quantitative estimate of drug-likeness (QED) is 0.156. The van der Waals surface area contributed by atoms with Crippen molar-refractivity contribution >= 4 is 67.6 Å². The number of carbonyl (C=O) groups is 2. The molecule has 4 aromatic rings. The Hall–Kier alpha value is -2.74. The van der Waals surface area contributed by atoms with Gasteiger partial charge in [-0.15, -0.1) is 0 Å². The second kappa shape index (κ2) is 16.2. The van der Waals surface area contributed by atoms with Crippen molar-refractivity contribution in [3.05, 3.63) is 88.8 Å². The first-order chi connectivity index (χ1) is 21.7. The number of hydrogen-bond donors (Lipinski definition) is 0. The van der Waals surface area contributed by atoms with Gasteiger partial charge in [0.1, 0.15) is 6.29 Å². The van der Waals surface area contributed by atoms with E-state index in [1.165, 1.54) is 0 Å². The molecular formula is C32H34Cl4FN4O3P. The third-order valence-electron chi connectivity index (χ3n) is 7.32. The number of fused-ring (bicyclic) bond motifs is 2. The molecule has 0 bridgehead atoms. The molecule has 45 heavy (non-hydrogen) atoms. The number of alkyl halides is 1. The second-order valence-electron chi connectivity index (χ2n) is 10.6. The molecule has 2 aliphatic rings. The van der Waals surface area contributed by atoms with E-state index < -0.39 is 12.4 Å². The molecule has 240 valence electrons. The highest BCUT2D eigenvalue weighted by molar-refractivity contribution is 8.24. The van der Waals surface area contributed by atoms with Gasteiger partial charge in [0.05, 0.1) is 41.9 Å². The minimum Gasteiger partial charge on any atom is -0.298 e. The number of aldehydes is 1. The number of aromatic nitrogens is 4. The van der Waals surface area contributed by atoms with Crippen LogP contribution in [-0.4, -0.2) is 38.8 Å². The van der Waals surface area contributed by atoms with Crippen molar-refractivity contribution < 1.29 is 19.9 Å². The number of Topliss-reactive ketones (excluding diaryl/α,β-unsaturated/α-hetero) is 1. The summed E-state index contributed by atoms with van der Waals surface area (Å²) in [5, 5.41) is 6.42. The van der Waals surface area contributed by atoms with E-state index in [0.29, 0.717) is 22.9 Å². The van der Waals surface area contributed by atoms with Crippen LogP contribution in [0.4, 0.5) is 4.39 Å². The number of aryl methyl sites for hydroxylation is 2. The molecule has 0 aliphatic heterocycles. The average molecular weight is 715 g/mol. The molecule has 13 heteroatoms. The van der Waals surface area contributed by atoms with Crippen LogP contribution in [0.3, 0.4) is 0 Å². The molecule has 2 heterocycles. The van der Waals surface area contributed by atoms with E-state index in [2.05, 4.69) is 50.8 Å². The van der Waals surface area contributed by atoms with Gasteiger partial charge < -0.3 is 0 Å². The Morgan fingerprint density at radius 1 is 0.867 bits per heavy atom. The molecule has 0 saturated heterocycles. The SMILES string of the molecule is C[C@@H]1Cc2nn(C)c(-c3ccccc3)c2C(Cl)=C1C=O.C[C@H]1CC(=O)c2c(nn(C)c2-c2ccccc2)C1.O=P(Cl)(Cl)Cl.[2H]CF. The van der Waals surface area contributed by atoms with Gasteiger partial charge in [0.2, 0.25) is 0 Å². The van der Waals surface area contributed by atoms with Gasteiger partial charge >= 0.3 is 5.20 Å². The van der Waals surface area contributed by atoms with E-state index in [-0.39, 0.29) is 11.7 Å². The molecule has 2 aromatic heterocycles. The van der Waals surface area contributed by atoms with Crippen LogP contribution in [-0.2, 0) is 36.3 Å². The van der Waals surface area contributed by atoms with Gasteiger partial charge in [-0.1, -0.05) is 86.1 Å². The molecule has 2 aromatic carbocycles. The third-order valence-corrected chi connectivity index (χ3v) is 7.73. The fourth-order valence-electron chi connectivity index (χ4n) is 5.57. The van der Waals surface area contributed by atoms with Crippen LogP contribution in [0.25, 0.3) is 27.5 Å². The number of rotatable bonds is 3. The lowest BCUT2D eigenvalue weighted by atomic mass is 9.86. The molecular weight excluding hydrogens is 680 g/mol. The Labute approximate surface area is 283 Å². The summed E-state index contributed by atoms with van der Waals surface area (Å²) in [4.78, 5) is 23.5. The number of hydrogen-bond acceptors (Lipinski definition) is 5. The standard InChI is InChI=1S/C16H15ClN2O.C15H16N2O.CH3F.Cl3OP/c1-10-8-13-14(15(17)12(10)9-20)16(19(2)18-13)11-6-4-3-5-7-11;1-10-8-12-14(13(18)9-10)15(17(2)16-12)11-6-4-3-5-7-11;1-2;1-5(2,3)4/h3-7,9-10H,8H2,1-2H3;3-7,10H,8-9H2,1-2H3;1H3;/t2*10-;;/m11../s1/i;;1D;. The fourth-order valence-corrected chi connectivity index (χ4v) is 6.00. The van der Waals surface area contributed by atoms with Gasteiger partial charge in [0.25, 0.3) is 0 Å². The summed E-state index contributed by atoms with van der Waals surface area (Å²) in [6.07, 6.45) is 3.16. The van der Waals surface area contributed by atoms with E-state index in [9.17, 15) is 18.5 Å². The van der Waals surface area contributed by atoms with Gasteiger partial charge in [-0.3, -0.25) is 27.9 Å². The Kier molecular flexibility index (Phi) is 12.6. The van der Waals surface area contributed by atoms with Crippen molar-refractivity contribution in [3.63, 3.8) is 0 Å². The van der Waals surface area contributed by atoms with Gasteiger partial charge in [-0.2, -0.15) is 10.2 Å². The summed E-state index contributed by atoms with van der Waals surface area (Å²) in [7, 11) is 2.83. The molecule has 0 amide bonds. The lowest BCUT2D eigenvalue weighted by Crippen LogP contribution is -2.17. The van der Waals surface area contributed by atoms with Crippen LogP contribution in [0.5, 0.6) is 0 Å². The van der Waals surface area contributed by atoms with Crippen LogP contribution >= 0.6 is 50.5 Å². The first-order valence-corrected chi connectivity index (χ1v) is 18.7. The lowest BCUT2D eigenvalue weighted by molar-refractivity contribution is -0.105. The molecule has 0 spiro atoms. The zero-order valence-corrected chi connectivity index (χ0v) is 29.1. The third kappa shape index (κ3) is 9.17. The molecule has 0 N–H and O–H groups in total. The lowest BCUT2D eigenvalue weighted by Gasteiger charge is -2.19. The summed E-state index contributed by atoms with van der Waals surface area (Å²) >= 11 is 20.3. The van der Waals surface area contributed by atoms with Crippen LogP contribution in [0.1, 0.15) is 48.9 Å². The minimum absolute atomic E-state index is 0.117. The Morgan fingerprint density at radius 3 is 1.73 bits per heavy atom. The summed E-state index contributed by atoms with van der Waals surface area (Å²) in [5.41, 5.74) is 8.39.